The Hall–Kier alpha value is -4.02. The summed E-state index contributed by atoms with van der Waals surface area (Å²) in [6.45, 7) is 1.52. The van der Waals surface area contributed by atoms with E-state index in [9.17, 15) is 14.0 Å². The molecule has 9 nitrogen and oxygen atoms in total. The molecule has 0 fully saturated rings. The van der Waals surface area contributed by atoms with Gasteiger partial charge in [0.2, 0.25) is 5.95 Å². The molecule has 0 aliphatic carbocycles. The second-order valence-electron chi connectivity index (χ2n) is 8.20. The summed E-state index contributed by atoms with van der Waals surface area (Å²) in [7, 11) is 1.78. The number of hydrogen-bond acceptors (Lipinski definition) is 6. The van der Waals surface area contributed by atoms with E-state index in [-0.39, 0.29) is 23.7 Å². The first-order valence-corrected chi connectivity index (χ1v) is 11.4. The lowest BCUT2D eigenvalue weighted by atomic mass is 10.2. The lowest BCUT2D eigenvalue weighted by Gasteiger charge is -2.17. The zero-order valence-corrected chi connectivity index (χ0v) is 20.5. The molecule has 3 heterocycles. The molecule has 5 aromatic rings. The maximum absolute atomic E-state index is 14.6. The third kappa shape index (κ3) is 4.48. The lowest BCUT2D eigenvalue weighted by molar-refractivity contribution is 0.585. The Morgan fingerprint density at radius 2 is 1.89 bits per heavy atom. The van der Waals surface area contributed by atoms with Gasteiger partial charge in [-0.1, -0.05) is 23.2 Å². The van der Waals surface area contributed by atoms with Gasteiger partial charge in [0.15, 0.2) is 0 Å². The highest BCUT2D eigenvalue weighted by Crippen LogP contribution is 2.29. The first kappa shape index (κ1) is 23.7. The van der Waals surface area contributed by atoms with Gasteiger partial charge >= 0.3 is 11.4 Å². The summed E-state index contributed by atoms with van der Waals surface area (Å²) in [4.78, 5) is 34.8. The Morgan fingerprint density at radius 1 is 1.08 bits per heavy atom. The summed E-state index contributed by atoms with van der Waals surface area (Å²) in [5.74, 6) is -0.687. The number of benzene rings is 2. The van der Waals surface area contributed by atoms with Gasteiger partial charge in [0, 0.05) is 35.4 Å². The minimum Gasteiger partial charge on any atom is -0.324 e. The highest BCUT2D eigenvalue weighted by molar-refractivity contribution is 6.34. The standard InChI is InChI=1S/C24H18Cl2FN7O2/c1-13-5-17(10-28-9-13)34-23(35)30-22(29-21-7-15-11-32(2)31-20(15)8-18(21)26)33(24(34)36)12-14-6-16(25)3-4-19(14)27/h3-11H,12H2,1-2H3,(H,29,30,35). The molecule has 2 aromatic carbocycles. The highest BCUT2D eigenvalue weighted by atomic mass is 35.5. The molecule has 12 heteroatoms. The molecular weight excluding hydrogens is 508 g/mol. The van der Waals surface area contributed by atoms with Crippen molar-refractivity contribution in [3.8, 4) is 5.69 Å². The Morgan fingerprint density at radius 3 is 2.67 bits per heavy atom. The second-order valence-corrected chi connectivity index (χ2v) is 9.04. The first-order chi connectivity index (χ1) is 17.2. The molecule has 3 aromatic heterocycles. The zero-order valence-electron chi connectivity index (χ0n) is 19.0. The van der Waals surface area contributed by atoms with E-state index in [2.05, 4.69) is 20.4 Å². The highest BCUT2D eigenvalue weighted by Gasteiger charge is 2.18. The number of nitrogens with zero attached hydrogens (tertiary/aromatic N) is 6. The van der Waals surface area contributed by atoms with Crippen LogP contribution in [0.3, 0.4) is 0 Å². The van der Waals surface area contributed by atoms with E-state index in [1.165, 1.54) is 24.4 Å². The smallest absolute Gasteiger partial charge is 0.324 e. The van der Waals surface area contributed by atoms with E-state index in [1.54, 1.807) is 49.2 Å². The van der Waals surface area contributed by atoms with Crippen molar-refractivity contribution in [1.82, 2.24) is 28.9 Å². The van der Waals surface area contributed by atoms with Gasteiger partial charge in [-0.05, 0) is 48.9 Å². The third-order valence-electron chi connectivity index (χ3n) is 5.48. The molecule has 0 radical (unpaired) electrons. The Kier molecular flexibility index (Phi) is 6.07. The molecular formula is C24H18Cl2FN7O2. The van der Waals surface area contributed by atoms with Crippen molar-refractivity contribution < 1.29 is 4.39 Å². The zero-order chi connectivity index (χ0) is 25.6. The average Bonchev–Trinajstić information content (AvgIpc) is 3.17. The van der Waals surface area contributed by atoms with E-state index < -0.39 is 17.2 Å². The monoisotopic (exact) mass is 525 g/mol. The fourth-order valence-electron chi connectivity index (χ4n) is 3.83. The van der Waals surface area contributed by atoms with Crippen LogP contribution < -0.4 is 16.7 Å². The van der Waals surface area contributed by atoms with Crippen molar-refractivity contribution in [3.05, 3.63) is 103 Å². The largest absolute Gasteiger partial charge is 0.359 e. The molecule has 0 aliphatic heterocycles. The van der Waals surface area contributed by atoms with Crippen molar-refractivity contribution in [1.29, 1.82) is 0 Å². The van der Waals surface area contributed by atoms with Crippen LogP contribution in [0.2, 0.25) is 10.0 Å². The summed E-state index contributed by atoms with van der Waals surface area (Å²) >= 11 is 12.5. The second kappa shape index (κ2) is 9.21. The predicted molar refractivity (Wildman–Crippen MR) is 136 cm³/mol. The van der Waals surface area contributed by atoms with Crippen molar-refractivity contribution >= 4 is 45.7 Å². The van der Waals surface area contributed by atoms with Crippen molar-refractivity contribution in [2.24, 2.45) is 7.05 Å². The van der Waals surface area contributed by atoms with E-state index in [1.807, 2.05) is 0 Å². The molecule has 182 valence electrons. The first-order valence-electron chi connectivity index (χ1n) is 10.7. The minimum absolute atomic E-state index is 0.119. The number of aryl methyl sites for hydroxylation is 2. The maximum Gasteiger partial charge on any atom is 0.359 e. The topological polar surface area (TPSA) is 99.6 Å². The molecule has 36 heavy (non-hydrogen) atoms. The van der Waals surface area contributed by atoms with Gasteiger partial charge in [-0.2, -0.15) is 10.1 Å². The molecule has 0 saturated carbocycles. The number of nitrogens with one attached hydrogen (secondary N) is 1. The summed E-state index contributed by atoms with van der Waals surface area (Å²) < 4.78 is 18.3. The van der Waals surface area contributed by atoms with E-state index >= 15 is 0 Å². The summed E-state index contributed by atoms with van der Waals surface area (Å²) in [5, 5.41) is 8.65. The Balaban J connectivity index is 1.70. The molecule has 0 saturated heterocycles. The molecule has 0 atom stereocenters. The van der Waals surface area contributed by atoms with Crippen LogP contribution >= 0.6 is 23.2 Å². The van der Waals surface area contributed by atoms with Gasteiger partial charge < -0.3 is 5.32 Å². The summed E-state index contributed by atoms with van der Waals surface area (Å²) in [6.07, 6.45) is 4.76. The van der Waals surface area contributed by atoms with Crippen LogP contribution in [0.1, 0.15) is 11.1 Å². The minimum atomic E-state index is -0.837. The maximum atomic E-state index is 14.6. The molecule has 0 spiro atoms. The van der Waals surface area contributed by atoms with Crippen LogP contribution in [0.15, 0.2) is 64.6 Å². The molecule has 1 N–H and O–H groups in total. The van der Waals surface area contributed by atoms with Crippen LogP contribution in [0.4, 0.5) is 16.0 Å². The van der Waals surface area contributed by atoms with Gasteiger partial charge in [-0.25, -0.2) is 18.5 Å². The Labute approximate surface area is 213 Å². The van der Waals surface area contributed by atoms with Gasteiger partial charge in [0.1, 0.15) is 5.82 Å². The quantitative estimate of drug-likeness (QED) is 0.368. The summed E-state index contributed by atoms with van der Waals surface area (Å²) in [6, 6.07) is 9.02. The average molecular weight is 526 g/mol. The number of rotatable bonds is 5. The number of anilines is 2. The molecule has 5 rings (SSSR count). The van der Waals surface area contributed by atoms with Gasteiger partial charge in [-0.3, -0.25) is 14.2 Å². The molecule has 0 amide bonds. The van der Waals surface area contributed by atoms with E-state index in [0.29, 0.717) is 21.2 Å². The molecule has 0 aliphatic rings. The number of pyridine rings is 1. The van der Waals surface area contributed by atoms with Crippen LogP contribution in [-0.4, -0.2) is 28.9 Å². The SMILES string of the molecule is Cc1cncc(-n2c(=O)nc(Nc3cc4cn(C)nc4cc3Cl)n(Cc3cc(Cl)ccc3F)c2=O)c1. The van der Waals surface area contributed by atoms with Crippen LogP contribution in [-0.2, 0) is 13.6 Å². The number of fused-ring (bicyclic) bond motifs is 1. The fourth-order valence-corrected chi connectivity index (χ4v) is 4.23. The normalized spacial score (nSPS) is 11.2. The van der Waals surface area contributed by atoms with Crippen LogP contribution in [0, 0.1) is 12.7 Å². The summed E-state index contributed by atoms with van der Waals surface area (Å²) in [5.41, 5.74) is 0.583. The Bertz CT molecular complexity index is 1760. The van der Waals surface area contributed by atoms with Gasteiger partial charge in [0.05, 0.1) is 34.7 Å². The number of hydrogen-bond donors (Lipinski definition) is 1. The number of aromatic nitrogens is 6. The van der Waals surface area contributed by atoms with Crippen LogP contribution in [0.25, 0.3) is 16.6 Å². The van der Waals surface area contributed by atoms with Gasteiger partial charge in [-0.15, -0.1) is 0 Å². The predicted octanol–water partition coefficient (Wildman–Crippen LogP) is 4.22. The van der Waals surface area contributed by atoms with Gasteiger partial charge in [0.25, 0.3) is 0 Å². The fraction of sp³-hybridized carbons (Fsp3) is 0.125. The number of halogens is 3. The van der Waals surface area contributed by atoms with Crippen molar-refractivity contribution in [2.75, 3.05) is 5.32 Å². The third-order valence-corrected chi connectivity index (χ3v) is 6.03. The van der Waals surface area contributed by atoms with Crippen molar-refractivity contribution in [3.63, 3.8) is 0 Å². The molecule has 0 bridgehead atoms. The lowest BCUT2D eigenvalue weighted by Crippen LogP contribution is -2.42. The molecule has 0 unspecified atom stereocenters. The van der Waals surface area contributed by atoms with Crippen LogP contribution in [0.5, 0.6) is 0 Å². The van der Waals surface area contributed by atoms with E-state index in [4.69, 9.17) is 23.2 Å². The van der Waals surface area contributed by atoms with Crippen molar-refractivity contribution in [2.45, 2.75) is 13.5 Å². The van der Waals surface area contributed by atoms with E-state index in [0.717, 1.165) is 20.1 Å².